The number of pyridine rings is 1. The SMILES string of the molecule is C=C/C(=C\C=C/CCCC)c1ncc(Cl)cc1-c1ccc(SN(C)O)cc1. The van der Waals surface area contributed by atoms with Gasteiger partial charge in [0.25, 0.3) is 0 Å². The van der Waals surface area contributed by atoms with E-state index in [1.807, 2.05) is 42.5 Å². The lowest BCUT2D eigenvalue weighted by Gasteiger charge is -2.12. The second-order valence-corrected chi connectivity index (χ2v) is 7.64. The first-order valence-corrected chi connectivity index (χ1v) is 10.1. The third kappa shape index (κ3) is 6.67. The number of halogens is 1. The van der Waals surface area contributed by atoms with Gasteiger partial charge in [0.15, 0.2) is 0 Å². The van der Waals surface area contributed by atoms with Crippen LogP contribution in [0.25, 0.3) is 16.7 Å². The van der Waals surface area contributed by atoms with Crippen molar-refractivity contribution in [3.8, 4) is 11.1 Å². The maximum Gasteiger partial charge on any atom is 0.0781 e. The molecule has 0 aliphatic rings. The first-order valence-electron chi connectivity index (χ1n) is 8.91. The summed E-state index contributed by atoms with van der Waals surface area (Å²) >= 11 is 7.46. The first-order chi connectivity index (χ1) is 13.0. The summed E-state index contributed by atoms with van der Waals surface area (Å²) in [6, 6.07) is 9.84. The van der Waals surface area contributed by atoms with Crippen molar-refractivity contribution >= 4 is 29.1 Å². The van der Waals surface area contributed by atoms with Crippen molar-refractivity contribution in [1.82, 2.24) is 9.45 Å². The molecular formula is C22H25ClN2OS. The Balaban J connectivity index is 2.37. The third-order valence-electron chi connectivity index (χ3n) is 3.89. The highest BCUT2D eigenvalue weighted by Gasteiger charge is 2.11. The monoisotopic (exact) mass is 400 g/mol. The fraction of sp³-hybridized carbons (Fsp3) is 0.227. The van der Waals surface area contributed by atoms with Crippen molar-refractivity contribution in [3.63, 3.8) is 0 Å². The van der Waals surface area contributed by atoms with Crippen LogP contribution in [0.1, 0.15) is 31.9 Å². The van der Waals surface area contributed by atoms with Crippen LogP contribution < -0.4 is 0 Å². The summed E-state index contributed by atoms with van der Waals surface area (Å²) in [5, 5.41) is 9.94. The Morgan fingerprint density at radius 1 is 1.33 bits per heavy atom. The van der Waals surface area contributed by atoms with Crippen molar-refractivity contribution in [1.29, 1.82) is 0 Å². The van der Waals surface area contributed by atoms with E-state index in [4.69, 9.17) is 11.6 Å². The Hall–Kier alpha value is -1.85. The van der Waals surface area contributed by atoms with E-state index in [-0.39, 0.29) is 0 Å². The molecule has 0 aliphatic heterocycles. The number of unbranched alkanes of at least 4 members (excludes halogenated alkanes) is 2. The van der Waals surface area contributed by atoms with E-state index in [2.05, 4.69) is 30.6 Å². The molecule has 0 saturated carbocycles. The molecule has 0 aliphatic carbocycles. The molecule has 0 amide bonds. The number of benzene rings is 1. The van der Waals surface area contributed by atoms with E-state index in [1.165, 1.54) is 24.8 Å². The van der Waals surface area contributed by atoms with Crippen molar-refractivity contribution in [2.24, 2.45) is 0 Å². The molecule has 1 heterocycles. The molecule has 0 atom stereocenters. The zero-order valence-corrected chi connectivity index (χ0v) is 17.3. The molecule has 1 aromatic carbocycles. The summed E-state index contributed by atoms with van der Waals surface area (Å²) in [4.78, 5) is 5.50. The van der Waals surface area contributed by atoms with Gasteiger partial charge in [0.1, 0.15) is 0 Å². The summed E-state index contributed by atoms with van der Waals surface area (Å²) < 4.78 is 1.07. The van der Waals surface area contributed by atoms with Crippen LogP contribution in [0.15, 0.2) is 72.3 Å². The molecule has 0 radical (unpaired) electrons. The minimum Gasteiger partial charge on any atom is -0.303 e. The van der Waals surface area contributed by atoms with Crippen LogP contribution in [0.5, 0.6) is 0 Å². The summed E-state index contributed by atoms with van der Waals surface area (Å²) in [6.45, 7) is 6.13. The van der Waals surface area contributed by atoms with Crippen molar-refractivity contribution < 1.29 is 5.21 Å². The van der Waals surface area contributed by atoms with E-state index in [0.29, 0.717) is 5.02 Å². The van der Waals surface area contributed by atoms with E-state index in [0.717, 1.165) is 38.2 Å². The predicted octanol–water partition coefficient (Wildman–Crippen LogP) is 7.05. The van der Waals surface area contributed by atoms with Crippen LogP contribution in [0.2, 0.25) is 5.02 Å². The summed E-state index contributed by atoms with van der Waals surface area (Å²) in [5.41, 5.74) is 3.74. The lowest BCUT2D eigenvalue weighted by Crippen LogP contribution is -1.99. The number of hydrogen-bond acceptors (Lipinski definition) is 4. The van der Waals surface area contributed by atoms with E-state index in [1.54, 1.807) is 13.2 Å². The fourth-order valence-corrected chi connectivity index (χ4v) is 3.29. The van der Waals surface area contributed by atoms with Gasteiger partial charge in [-0.2, -0.15) is 0 Å². The Morgan fingerprint density at radius 3 is 2.70 bits per heavy atom. The van der Waals surface area contributed by atoms with Crippen molar-refractivity contribution in [2.45, 2.75) is 31.1 Å². The lowest BCUT2D eigenvalue weighted by molar-refractivity contribution is 0.0454. The molecule has 2 rings (SSSR count). The zero-order chi connectivity index (χ0) is 19.6. The topological polar surface area (TPSA) is 36.4 Å². The number of allylic oxidation sites excluding steroid dienone is 5. The summed E-state index contributed by atoms with van der Waals surface area (Å²) in [6.07, 6.45) is 13.2. The quantitative estimate of drug-likeness (QED) is 0.212. The van der Waals surface area contributed by atoms with Crippen LogP contribution in [0.3, 0.4) is 0 Å². The van der Waals surface area contributed by atoms with Gasteiger partial charge in [-0.1, -0.05) is 74.4 Å². The zero-order valence-electron chi connectivity index (χ0n) is 15.7. The first kappa shape index (κ1) is 21.5. The molecule has 142 valence electrons. The molecule has 1 aromatic heterocycles. The molecule has 0 bridgehead atoms. The van der Waals surface area contributed by atoms with Gasteiger partial charge in [0.2, 0.25) is 0 Å². The predicted molar refractivity (Wildman–Crippen MR) is 117 cm³/mol. The minimum atomic E-state index is 0.587. The van der Waals surface area contributed by atoms with Crippen LogP contribution in [-0.2, 0) is 0 Å². The average molecular weight is 401 g/mol. The number of hydrogen-bond donors (Lipinski definition) is 1. The highest BCUT2D eigenvalue weighted by atomic mass is 35.5. The molecule has 2 aromatic rings. The normalized spacial score (nSPS) is 12.1. The van der Waals surface area contributed by atoms with Gasteiger partial charge < -0.3 is 5.21 Å². The smallest absolute Gasteiger partial charge is 0.0781 e. The molecular weight excluding hydrogens is 376 g/mol. The molecule has 0 fully saturated rings. The molecule has 0 spiro atoms. The Bertz CT molecular complexity index is 814. The number of nitrogens with zero attached hydrogens (tertiary/aromatic N) is 2. The highest BCUT2D eigenvalue weighted by molar-refractivity contribution is 7.96. The van der Waals surface area contributed by atoms with Gasteiger partial charge in [-0.25, -0.2) is 0 Å². The van der Waals surface area contributed by atoms with Gasteiger partial charge in [-0.3, -0.25) is 4.98 Å². The fourth-order valence-electron chi connectivity index (χ4n) is 2.57. The van der Waals surface area contributed by atoms with Crippen molar-refractivity contribution in [3.05, 3.63) is 78.1 Å². The Kier molecular flexibility index (Phi) is 8.82. The summed E-state index contributed by atoms with van der Waals surface area (Å²) in [7, 11) is 1.59. The van der Waals surface area contributed by atoms with Gasteiger partial charge in [-0.05, 0) is 42.1 Å². The van der Waals surface area contributed by atoms with Crippen LogP contribution >= 0.6 is 23.5 Å². The molecule has 0 saturated heterocycles. The van der Waals surface area contributed by atoms with Gasteiger partial charge >= 0.3 is 0 Å². The van der Waals surface area contributed by atoms with E-state index < -0.39 is 0 Å². The Labute approximate surface area is 171 Å². The second kappa shape index (κ2) is 11.1. The van der Waals surface area contributed by atoms with Crippen molar-refractivity contribution in [2.75, 3.05) is 7.05 Å². The third-order valence-corrected chi connectivity index (χ3v) is 4.84. The van der Waals surface area contributed by atoms with Crippen LogP contribution in [0.4, 0.5) is 0 Å². The van der Waals surface area contributed by atoms with Gasteiger partial charge in [0, 0.05) is 29.3 Å². The maximum atomic E-state index is 9.36. The average Bonchev–Trinajstić information content (AvgIpc) is 2.65. The second-order valence-electron chi connectivity index (χ2n) is 6.03. The van der Waals surface area contributed by atoms with E-state index >= 15 is 0 Å². The van der Waals surface area contributed by atoms with Crippen LogP contribution in [-0.4, -0.2) is 21.7 Å². The van der Waals surface area contributed by atoms with Crippen LogP contribution in [0, 0.1) is 0 Å². The molecule has 3 nitrogen and oxygen atoms in total. The number of rotatable bonds is 9. The molecule has 0 unspecified atom stereocenters. The molecule has 27 heavy (non-hydrogen) atoms. The number of aromatic nitrogens is 1. The summed E-state index contributed by atoms with van der Waals surface area (Å²) in [5.74, 6) is 0. The largest absolute Gasteiger partial charge is 0.303 e. The lowest BCUT2D eigenvalue weighted by atomic mass is 9.99. The molecule has 1 N–H and O–H groups in total. The van der Waals surface area contributed by atoms with Gasteiger partial charge in [0.05, 0.1) is 10.7 Å². The highest BCUT2D eigenvalue weighted by Crippen LogP contribution is 2.32. The molecule has 5 heteroatoms. The minimum absolute atomic E-state index is 0.587. The Morgan fingerprint density at radius 2 is 2.07 bits per heavy atom. The van der Waals surface area contributed by atoms with Gasteiger partial charge in [-0.15, -0.1) is 4.47 Å². The number of hydroxylamine groups is 1. The van der Waals surface area contributed by atoms with E-state index in [9.17, 15) is 5.21 Å². The maximum absolute atomic E-state index is 9.36. The standard InChI is InChI=1S/C22H25ClN2OS/c1-4-6-7-8-9-10-17(5-2)22-21(15-19(23)16-24-22)18-11-13-20(14-12-18)27-25(3)26/h5,8-16,26H,2,4,6-7H2,1,3H3/b9-8-,17-10+.